The molecule has 29 heavy (non-hydrogen) atoms. The molecule has 0 saturated heterocycles. The van der Waals surface area contributed by atoms with E-state index in [9.17, 15) is 18.0 Å². The Morgan fingerprint density at radius 2 is 1.83 bits per heavy atom. The van der Waals surface area contributed by atoms with Crippen molar-refractivity contribution in [1.29, 1.82) is 0 Å². The van der Waals surface area contributed by atoms with Crippen molar-refractivity contribution in [3.8, 4) is 0 Å². The summed E-state index contributed by atoms with van der Waals surface area (Å²) >= 11 is 0. The van der Waals surface area contributed by atoms with Gasteiger partial charge in [-0.1, -0.05) is 12.1 Å². The van der Waals surface area contributed by atoms with E-state index in [1.807, 2.05) is 6.07 Å². The van der Waals surface area contributed by atoms with Gasteiger partial charge in [-0.3, -0.25) is 4.79 Å². The Bertz CT molecular complexity index is 942. The first kappa shape index (κ1) is 22.5. The molecule has 0 atom stereocenters. The van der Waals surface area contributed by atoms with Crippen LogP contribution in [0.4, 0.5) is 5.69 Å². The molecule has 0 radical (unpaired) electrons. The summed E-state index contributed by atoms with van der Waals surface area (Å²) < 4.78 is 31.8. The topological polar surface area (TPSA) is 122 Å². The van der Waals surface area contributed by atoms with Gasteiger partial charge in [0.25, 0.3) is 0 Å². The molecule has 0 saturated carbocycles. The average molecular weight is 420 g/mol. The van der Waals surface area contributed by atoms with E-state index in [4.69, 9.17) is 9.84 Å². The lowest BCUT2D eigenvalue weighted by atomic mass is 10.1. The van der Waals surface area contributed by atoms with Gasteiger partial charge in [-0.25, -0.2) is 17.9 Å². The molecule has 0 aliphatic heterocycles. The zero-order valence-electron chi connectivity index (χ0n) is 16.1. The number of carbonyl (C=O) groups excluding carboxylic acids is 2. The summed E-state index contributed by atoms with van der Waals surface area (Å²) in [5, 5.41) is 11.5. The van der Waals surface area contributed by atoms with E-state index in [1.54, 1.807) is 25.1 Å². The molecule has 0 spiro atoms. The summed E-state index contributed by atoms with van der Waals surface area (Å²) in [7, 11) is -3.91. The predicted molar refractivity (Wildman–Crippen MR) is 108 cm³/mol. The van der Waals surface area contributed by atoms with Gasteiger partial charge in [0.05, 0.1) is 23.6 Å². The highest BCUT2D eigenvalue weighted by molar-refractivity contribution is 7.89. The van der Waals surface area contributed by atoms with Crippen molar-refractivity contribution in [2.24, 2.45) is 0 Å². The number of nitrogens with one attached hydrogen (secondary N) is 2. The number of amides is 1. The van der Waals surface area contributed by atoms with Crippen LogP contribution in [0.1, 0.15) is 29.3 Å². The Morgan fingerprint density at radius 3 is 2.48 bits per heavy atom. The molecule has 0 bridgehead atoms. The van der Waals surface area contributed by atoms with Gasteiger partial charge in [0.1, 0.15) is 0 Å². The van der Waals surface area contributed by atoms with Gasteiger partial charge in [0.2, 0.25) is 15.9 Å². The Balaban J connectivity index is 1.94. The van der Waals surface area contributed by atoms with Crippen molar-refractivity contribution in [2.45, 2.75) is 24.7 Å². The van der Waals surface area contributed by atoms with E-state index < -0.39 is 28.4 Å². The van der Waals surface area contributed by atoms with E-state index >= 15 is 0 Å². The monoisotopic (exact) mass is 420 g/mol. The lowest BCUT2D eigenvalue weighted by Gasteiger charge is -2.09. The molecule has 2 aromatic carbocycles. The molecule has 2 rings (SSSR count). The van der Waals surface area contributed by atoms with Crippen LogP contribution in [-0.2, 0) is 26.0 Å². The minimum atomic E-state index is -3.91. The van der Waals surface area contributed by atoms with Gasteiger partial charge in [0, 0.05) is 12.3 Å². The van der Waals surface area contributed by atoms with Crippen LogP contribution in [0, 0.1) is 0 Å². The fraction of sp³-hybridized carbons (Fsp3) is 0.300. The van der Waals surface area contributed by atoms with Crippen LogP contribution < -0.4 is 10.0 Å². The van der Waals surface area contributed by atoms with Gasteiger partial charge in [-0.2, -0.15) is 0 Å². The van der Waals surface area contributed by atoms with Crippen molar-refractivity contribution in [3.63, 3.8) is 0 Å². The third kappa shape index (κ3) is 6.97. The van der Waals surface area contributed by atoms with Crippen LogP contribution in [0.15, 0.2) is 53.4 Å². The van der Waals surface area contributed by atoms with Gasteiger partial charge >= 0.3 is 5.97 Å². The number of aryl methyl sites for hydroxylation is 1. The molecule has 0 aromatic heterocycles. The molecule has 1 amide bonds. The van der Waals surface area contributed by atoms with E-state index in [0.717, 1.165) is 5.56 Å². The third-order valence-electron chi connectivity index (χ3n) is 3.93. The number of hydrogen-bond donors (Lipinski definition) is 3. The molecule has 0 unspecified atom stereocenters. The second kappa shape index (κ2) is 10.7. The maximum Gasteiger partial charge on any atom is 0.338 e. The van der Waals surface area contributed by atoms with Crippen LogP contribution in [0.2, 0.25) is 0 Å². The van der Waals surface area contributed by atoms with Crippen LogP contribution in [0.5, 0.6) is 0 Å². The van der Waals surface area contributed by atoms with Gasteiger partial charge < -0.3 is 15.2 Å². The van der Waals surface area contributed by atoms with E-state index in [1.165, 1.54) is 24.3 Å². The van der Waals surface area contributed by atoms with Crippen molar-refractivity contribution in [3.05, 3.63) is 59.7 Å². The van der Waals surface area contributed by atoms with Crippen molar-refractivity contribution >= 4 is 27.6 Å². The van der Waals surface area contributed by atoms with Crippen molar-refractivity contribution in [1.82, 2.24) is 4.72 Å². The molecular formula is C20H24N2O6S. The fourth-order valence-electron chi connectivity index (χ4n) is 2.52. The Morgan fingerprint density at radius 1 is 1.10 bits per heavy atom. The SMILES string of the molecule is CCOC(=O)c1ccc(S(=O)(=O)NCC(=O)Nc2cccc(CCCO)c2)cc1. The second-order valence-corrected chi connectivity index (χ2v) is 7.91. The number of ether oxygens (including phenoxy) is 1. The standard InChI is InChI=1S/C20H24N2O6S/c1-2-28-20(25)16-8-10-18(11-9-16)29(26,27)21-14-19(24)22-17-7-3-5-15(13-17)6-4-12-23/h3,5,7-11,13,21,23H,2,4,6,12,14H2,1H3,(H,22,24). The summed E-state index contributed by atoms with van der Waals surface area (Å²) in [6, 6.07) is 12.4. The number of benzene rings is 2. The van der Waals surface area contributed by atoms with Gasteiger partial charge in [0.15, 0.2) is 0 Å². The second-order valence-electron chi connectivity index (χ2n) is 6.15. The first-order valence-electron chi connectivity index (χ1n) is 9.12. The Kier molecular flexibility index (Phi) is 8.32. The normalized spacial score (nSPS) is 11.1. The van der Waals surface area contributed by atoms with Crippen molar-refractivity contribution in [2.75, 3.05) is 25.1 Å². The highest BCUT2D eigenvalue weighted by atomic mass is 32.2. The van der Waals surface area contributed by atoms with Gasteiger partial charge in [-0.05, 0) is 61.7 Å². The molecule has 0 fully saturated rings. The third-order valence-corrected chi connectivity index (χ3v) is 5.35. The summed E-state index contributed by atoms with van der Waals surface area (Å²) in [5.74, 6) is -1.05. The fourth-order valence-corrected chi connectivity index (χ4v) is 3.50. The number of aliphatic hydroxyl groups excluding tert-OH is 1. The maximum absolute atomic E-state index is 12.3. The molecule has 156 valence electrons. The first-order valence-corrected chi connectivity index (χ1v) is 10.6. The lowest BCUT2D eigenvalue weighted by molar-refractivity contribution is -0.115. The molecule has 0 aliphatic carbocycles. The molecule has 9 heteroatoms. The molecule has 2 aromatic rings. The Hall–Kier alpha value is -2.75. The maximum atomic E-state index is 12.3. The van der Waals surface area contributed by atoms with Gasteiger partial charge in [-0.15, -0.1) is 0 Å². The predicted octanol–water partition coefficient (Wildman–Crippen LogP) is 1.71. The summed E-state index contributed by atoms with van der Waals surface area (Å²) in [6.45, 7) is 1.54. The lowest BCUT2D eigenvalue weighted by Crippen LogP contribution is -2.32. The quantitative estimate of drug-likeness (QED) is 0.503. The minimum Gasteiger partial charge on any atom is -0.462 e. The largest absolute Gasteiger partial charge is 0.462 e. The molecule has 3 N–H and O–H groups in total. The first-order chi connectivity index (χ1) is 13.9. The van der Waals surface area contributed by atoms with E-state index in [0.29, 0.717) is 18.5 Å². The Labute approximate surface area is 169 Å². The number of esters is 1. The molecule has 0 heterocycles. The average Bonchev–Trinajstić information content (AvgIpc) is 2.71. The highest BCUT2D eigenvalue weighted by Crippen LogP contribution is 2.13. The van der Waals surface area contributed by atoms with Crippen LogP contribution in [-0.4, -0.2) is 45.2 Å². The van der Waals surface area contributed by atoms with Crippen LogP contribution in [0.3, 0.4) is 0 Å². The zero-order chi connectivity index (χ0) is 21.3. The molecular weight excluding hydrogens is 396 g/mol. The number of carbonyl (C=O) groups is 2. The smallest absolute Gasteiger partial charge is 0.338 e. The number of hydrogen-bond acceptors (Lipinski definition) is 6. The summed E-state index contributed by atoms with van der Waals surface area (Å²) in [5.41, 5.74) is 1.74. The summed E-state index contributed by atoms with van der Waals surface area (Å²) in [4.78, 5) is 23.7. The molecule has 8 nitrogen and oxygen atoms in total. The van der Waals surface area contributed by atoms with Crippen molar-refractivity contribution < 1.29 is 27.9 Å². The number of anilines is 1. The minimum absolute atomic E-state index is 0.0654. The van der Waals surface area contributed by atoms with E-state index in [-0.39, 0.29) is 23.7 Å². The van der Waals surface area contributed by atoms with Crippen LogP contribution >= 0.6 is 0 Å². The zero-order valence-corrected chi connectivity index (χ0v) is 16.9. The molecule has 0 aliphatic rings. The van der Waals surface area contributed by atoms with E-state index in [2.05, 4.69) is 10.0 Å². The number of aliphatic hydroxyl groups is 1. The van der Waals surface area contributed by atoms with Crippen LogP contribution in [0.25, 0.3) is 0 Å². The summed E-state index contributed by atoms with van der Waals surface area (Å²) in [6.07, 6.45) is 1.29. The number of sulfonamides is 1. The number of rotatable bonds is 10. The highest BCUT2D eigenvalue weighted by Gasteiger charge is 2.17.